The van der Waals surface area contributed by atoms with Crippen LogP contribution in [0, 0.1) is 5.92 Å². The summed E-state index contributed by atoms with van der Waals surface area (Å²) in [5.41, 5.74) is 2.59. The van der Waals surface area contributed by atoms with Crippen LogP contribution >= 0.6 is 11.6 Å². The molecule has 1 aliphatic rings. The van der Waals surface area contributed by atoms with Gasteiger partial charge in [0.15, 0.2) is 0 Å². The van der Waals surface area contributed by atoms with Crippen LogP contribution in [0.1, 0.15) is 63.0 Å². The van der Waals surface area contributed by atoms with Crippen LogP contribution < -0.4 is 4.74 Å². The number of hydrogen-bond acceptors (Lipinski definition) is 1. The maximum Gasteiger partial charge on any atom is 0.123 e. The largest absolute Gasteiger partial charge is 0.490 e. The molecular formula is C17H25ClO. The Morgan fingerprint density at radius 1 is 1.37 bits per heavy atom. The normalized spacial score (nSPS) is 20.7. The molecule has 2 heteroatoms. The summed E-state index contributed by atoms with van der Waals surface area (Å²) in [6, 6.07) is 6.49. The number of ether oxygens (including phenoxy) is 1. The lowest BCUT2D eigenvalue weighted by molar-refractivity contribution is 0.254. The van der Waals surface area contributed by atoms with Gasteiger partial charge in [0.1, 0.15) is 11.9 Å². The molecule has 3 atom stereocenters. The van der Waals surface area contributed by atoms with E-state index >= 15 is 0 Å². The second kappa shape index (κ2) is 6.65. The molecule has 1 aliphatic heterocycles. The summed E-state index contributed by atoms with van der Waals surface area (Å²) in [6.07, 6.45) is 6.21. The molecule has 0 aliphatic carbocycles. The number of halogens is 1. The first-order chi connectivity index (χ1) is 9.15. The molecule has 0 N–H and O–H groups in total. The summed E-state index contributed by atoms with van der Waals surface area (Å²) >= 11 is 6.71. The number of hydrogen-bond donors (Lipinski definition) is 0. The molecule has 106 valence electrons. The Morgan fingerprint density at radius 2 is 2.16 bits per heavy atom. The summed E-state index contributed by atoms with van der Waals surface area (Å²) in [4.78, 5) is 0. The number of benzene rings is 1. The minimum absolute atomic E-state index is 0.137. The maximum absolute atomic E-state index is 6.71. The van der Waals surface area contributed by atoms with Crippen molar-refractivity contribution >= 4 is 11.6 Å². The van der Waals surface area contributed by atoms with Gasteiger partial charge in [-0.15, -0.1) is 11.6 Å². The topological polar surface area (TPSA) is 9.23 Å². The highest BCUT2D eigenvalue weighted by Crippen LogP contribution is 2.38. The van der Waals surface area contributed by atoms with E-state index in [2.05, 4.69) is 39.0 Å². The Morgan fingerprint density at radius 3 is 2.84 bits per heavy atom. The highest BCUT2D eigenvalue weighted by atomic mass is 35.5. The van der Waals surface area contributed by atoms with E-state index in [-0.39, 0.29) is 5.38 Å². The molecule has 1 nitrogen and oxygen atoms in total. The van der Waals surface area contributed by atoms with Crippen LogP contribution in [0.3, 0.4) is 0 Å². The number of unbranched alkanes of at least 4 members (excludes halogenated alkanes) is 1. The summed E-state index contributed by atoms with van der Waals surface area (Å²) in [6.45, 7) is 6.60. The molecule has 19 heavy (non-hydrogen) atoms. The molecule has 0 aromatic heterocycles. The summed E-state index contributed by atoms with van der Waals surface area (Å²) in [5.74, 6) is 1.63. The lowest BCUT2D eigenvalue weighted by atomic mass is 9.90. The van der Waals surface area contributed by atoms with Crippen molar-refractivity contribution in [2.45, 2.75) is 64.4 Å². The predicted octanol–water partition coefficient (Wildman–Crippen LogP) is 5.51. The predicted molar refractivity (Wildman–Crippen MR) is 82.1 cm³/mol. The summed E-state index contributed by atoms with van der Waals surface area (Å²) < 4.78 is 5.75. The molecule has 1 aromatic rings. The van der Waals surface area contributed by atoms with Crippen LogP contribution in [0.15, 0.2) is 18.2 Å². The summed E-state index contributed by atoms with van der Waals surface area (Å²) in [7, 11) is 0. The minimum atomic E-state index is 0.137. The Kier molecular flexibility index (Phi) is 5.15. The van der Waals surface area contributed by atoms with E-state index in [0.717, 1.165) is 18.6 Å². The monoisotopic (exact) mass is 280 g/mol. The van der Waals surface area contributed by atoms with Gasteiger partial charge < -0.3 is 4.74 Å². The van der Waals surface area contributed by atoms with E-state index in [1.165, 1.54) is 30.4 Å². The van der Waals surface area contributed by atoms with Gasteiger partial charge in [0, 0.05) is 6.42 Å². The Bertz CT molecular complexity index is 416. The van der Waals surface area contributed by atoms with Gasteiger partial charge in [0.05, 0.1) is 5.38 Å². The van der Waals surface area contributed by atoms with Gasteiger partial charge in [-0.2, -0.15) is 0 Å². The van der Waals surface area contributed by atoms with Crippen LogP contribution in [0.4, 0.5) is 0 Å². The van der Waals surface area contributed by atoms with Crippen LogP contribution in [-0.4, -0.2) is 6.10 Å². The van der Waals surface area contributed by atoms with Crippen LogP contribution in [0.5, 0.6) is 5.75 Å². The molecule has 2 rings (SSSR count). The van der Waals surface area contributed by atoms with E-state index in [4.69, 9.17) is 16.3 Å². The van der Waals surface area contributed by atoms with Gasteiger partial charge in [-0.25, -0.2) is 0 Å². The third-order valence-corrected chi connectivity index (χ3v) is 4.71. The van der Waals surface area contributed by atoms with Crippen LogP contribution in [0.25, 0.3) is 0 Å². The van der Waals surface area contributed by atoms with Crippen molar-refractivity contribution in [2.75, 3.05) is 0 Å². The van der Waals surface area contributed by atoms with Crippen molar-refractivity contribution in [3.05, 3.63) is 29.3 Å². The fourth-order valence-electron chi connectivity index (χ4n) is 2.91. The van der Waals surface area contributed by atoms with Gasteiger partial charge in [0.25, 0.3) is 0 Å². The van der Waals surface area contributed by atoms with Crippen molar-refractivity contribution in [2.24, 2.45) is 5.92 Å². The average Bonchev–Trinajstić information content (AvgIpc) is 2.78. The third-order valence-electron chi connectivity index (χ3n) is 4.11. The molecule has 0 spiro atoms. The SMILES string of the molecule is CCCCC(CC)C(Cl)c1ccc2c(c1)CC(C)O2. The molecule has 1 aromatic carbocycles. The van der Waals surface area contributed by atoms with Crippen LogP contribution in [-0.2, 0) is 6.42 Å². The smallest absolute Gasteiger partial charge is 0.123 e. The Labute approximate surface area is 122 Å². The zero-order valence-electron chi connectivity index (χ0n) is 12.3. The average molecular weight is 281 g/mol. The second-order valence-electron chi connectivity index (χ2n) is 5.71. The molecule has 0 bridgehead atoms. The van der Waals surface area contributed by atoms with E-state index in [9.17, 15) is 0 Å². The molecule has 0 radical (unpaired) electrons. The van der Waals surface area contributed by atoms with Crippen molar-refractivity contribution in [1.29, 1.82) is 0 Å². The van der Waals surface area contributed by atoms with E-state index in [0.29, 0.717) is 12.0 Å². The van der Waals surface area contributed by atoms with Crippen LogP contribution in [0.2, 0.25) is 0 Å². The van der Waals surface area contributed by atoms with Crippen molar-refractivity contribution < 1.29 is 4.74 Å². The Hall–Kier alpha value is -0.690. The molecule has 3 unspecified atom stereocenters. The first-order valence-electron chi connectivity index (χ1n) is 7.59. The lowest BCUT2D eigenvalue weighted by Gasteiger charge is -2.21. The molecule has 0 amide bonds. The number of rotatable bonds is 6. The van der Waals surface area contributed by atoms with E-state index in [1.54, 1.807) is 0 Å². The lowest BCUT2D eigenvalue weighted by Crippen LogP contribution is -2.07. The van der Waals surface area contributed by atoms with Gasteiger partial charge >= 0.3 is 0 Å². The molecule has 0 saturated carbocycles. The fourth-order valence-corrected chi connectivity index (χ4v) is 3.35. The molecule has 0 saturated heterocycles. The zero-order valence-corrected chi connectivity index (χ0v) is 13.0. The highest BCUT2D eigenvalue weighted by Gasteiger charge is 2.23. The highest BCUT2D eigenvalue weighted by molar-refractivity contribution is 6.21. The summed E-state index contributed by atoms with van der Waals surface area (Å²) in [5, 5.41) is 0.137. The van der Waals surface area contributed by atoms with Crippen molar-refractivity contribution in [3.63, 3.8) is 0 Å². The Balaban J connectivity index is 2.10. The van der Waals surface area contributed by atoms with Crippen molar-refractivity contribution in [3.8, 4) is 5.75 Å². The standard InChI is InChI=1S/C17H25ClO/c1-4-6-7-13(5-2)17(18)14-8-9-16-15(11-14)10-12(3)19-16/h8-9,11-13,17H,4-7,10H2,1-3H3. The fraction of sp³-hybridized carbons (Fsp3) is 0.647. The maximum atomic E-state index is 6.71. The molecule has 0 fully saturated rings. The number of alkyl halides is 1. The zero-order chi connectivity index (χ0) is 13.8. The minimum Gasteiger partial charge on any atom is -0.490 e. The van der Waals surface area contributed by atoms with Crippen molar-refractivity contribution in [1.82, 2.24) is 0 Å². The third kappa shape index (κ3) is 3.45. The number of fused-ring (bicyclic) bond motifs is 1. The van der Waals surface area contributed by atoms with Gasteiger partial charge in [-0.05, 0) is 36.5 Å². The van der Waals surface area contributed by atoms with E-state index in [1.807, 2.05) is 0 Å². The first-order valence-corrected chi connectivity index (χ1v) is 8.02. The quantitative estimate of drug-likeness (QED) is 0.625. The van der Waals surface area contributed by atoms with Gasteiger partial charge in [-0.1, -0.05) is 45.2 Å². The molecular weight excluding hydrogens is 256 g/mol. The first kappa shape index (κ1) is 14.7. The second-order valence-corrected chi connectivity index (χ2v) is 6.18. The van der Waals surface area contributed by atoms with Gasteiger partial charge in [0.2, 0.25) is 0 Å². The van der Waals surface area contributed by atoms with Gasteiger partial charge in [-0.3, -0.25) is 0 Å². The molecule has 1 heterocycles. The van der Waals surface area contributed by atoms with E-state index < -0.39 is 0 Å².